The molecule has 0 aliphatic carbocycles. The molecular formula is C24H30Cl2N4O7S2. The molecule has 11 nitrogen and oxygen atoms in total. The van der Waals surface area contributed by atoms with Gasteiger partial charge in [0.05, 0.1) is 23.5 Å². The van der Waals surface area contributed by atoms with E-state index in [0.717, 1.165) is 10.6 Å². The summed E-state index contributed by atoms with van der Waals surface area (Å²) in [4.78, 5) is 11.2. The Labute approximate surface area is 239 Å². The molecule has 0 saturated carbocycles. The van der Waals surface area contributed by atoms with Gasteiger partial charge in [-0.2, -0.15) is 0 Å². The number of ether oxygens (including phenoxy) is 1. The van der Waals surface area contributed by atoms with Crippen molar-refractivity contribution in [2.75, 3.05) is 35.9 Å². The molecule has 0 unspecified atom stereocenters. The van der Waals surface area contributed by atoms with Crippen molar-refractivity contribution in [3.8, 4) is 5.75 Å². The molecule has 1 aliphatic heterocycles. The highest BCUT2D eigenvalue weighted by atomic mass is 35.5. The Morgan fingerprint density at radius 2 is 1.87 bits per heavy atom. The van der Waals surface area contributed by atoms with E-state index in [1.807, 2.05) is 0 Å². The van der Waals surface area contributed by atoms with Gasteiger partial charge in [-0.1, -0.05) is 42.0 Å². The van der Waals surface area contributed by atoms with E-state index < -0.39 is 31.8 Å². The van der Waals surface area contributed by atoms with Gasteiger partial charge >= 0.3 is 5.97 Å². The van der Waals surface area contributed by atoms with Gasteiger partial charge in [0.1, 0.15) is 17.7 Å². The van der Waals surface area contributed by atoms with Gasteiger partial charge in [0.25, 0.3) is 0 Å². The Kier molecular flexibility index (Phi) is 11.2. The lowest BCUT2D eigenvalue weighted by atomic mass is 10.1. The zero-order valence-electron chi connectivity index (χ0n) is 21.0. The first-order valence-corrected chi connectivity index (χ1v) is 15.3. The highest BCUT2D eigenvalue weighted by molar-refractivity contribution is 7.93. The van der Waals surface area contributed by atoms with Gasteiger partial charge in [-0.15, -0.1) is 12.4 Å². The fraction of sp³-hybridized carbons (Fsp3) is 0.333. The second-order valence-electron chi connectivity index (χ2n) is 8.72. The topological polar surface area (TPSA) is 171 Å². The molecular weight excluding hydrogens is 591 g/mol. The molecule has 0 atom stereocenters. The van der Waals surface area contributed by atoms with E-state index in [1.54, 1.807) is 36.4 Å². The van der Waals surface area contributed by atoms with Crippen LogP contribution in [0, 0.1) is 5.41 Å². The van der Waals surface area contributed by atoms with Crippen LogP contribution in [0.2, 0.25) is 5.02 Å². The molecule has 0 amide bonds. The first kappa shape index (κ1) is 32.4. The van der Waals surface area contributed by atoms with Gasteiger partial charge in [0, 0.05) is 18.7 Å². The Morgan fingerprint density at radius 3 is 2.44 bits per heavy atom. The van der Waals surface area contributed by atoms with E-state index in [9.17, 15) is 21.6 Å². The van der Waals surface area contributed by atoms with Crippen molar-refractivity contribution in [1.29, 1.82) is 5.41 Å². The van der Waals surface area contributed by atoms with Crippen LogP contribution in [0.5, 0.6) is 5.75 Å². The number of halogens is 2. The molecule has 1 aliphatic rings. The van der Waals surface area contributed by atoms with Crippen LogP contribution in [0.25, 0.3) is 6.08 Å². The maximum Gasteiger partial charge on any atom is 0.320 e. The summed E-state index contributed by atoms with van der Waals surface area (Å²) in [5.74, 6) is -2.42. The highest BCUT2D eigenvalue weighted by Crippen LogP contribution is 2.33. The average molecular weight is 622 g/mol. The Morgan fingerprint density at radius 1 is 1.21 bits per heavy atom. The lowest BCUT2D eigenvalue weighted by Crippen LogP contribution is -2.41. The number of piperidine rings is 1. The zero-order chi connectivity index (χ0) is 28.1. The van der Waals surface area contributed by atoms with Crippen molar-refractivity contribution in [3.63, 3.8) is 0 Å². The van der Waals surface area contributed by atoms with Crippen LogP contribution >= 0.6 is 24.0 Å². The second-order valence-corrected chi connectivity index (χ2v) is 13.0. The predicted octanol–water partition coefficient (Wildman–Crippen LogP) is 2.78. The summed E-state index contributed by atoms with van der Waals surface area (Å²) < 4.78 is 57.5. The molecule has 15 heteroatoms. The summed E-state index contributed by atoms with van der Waals surface area (Å²) in [6.45, 7) is 0.463. The summed E-state index contributed by atoms with van der Waals surface area (Å²) in [5.41, 5.74) is 6.85. The van der Waals surface area contributed by atoms with Crippen molar-refractivity contribution in [2.24, 2.45) is 5.73 Å². The van der Waals surface area contributed by atoms with Crippen LogP contribution in [0.3, 0.4) is 0 Å². The summed E-state index contributed by atoms with van der Waals surface area (Å²) in [6, 6.07) is 11.1. The molecule has 1 saturated heterocycles. The van der Waals surface area contributed by atoms with Crippen LogP contribution in [0.1, 0.15) is 24.0 Å². The molecule has 0 spiro atoms. The van der Waals surface area contributed by atoms with E-state index >= 15 is 0 Å². The summed E-state index contributed by atoms with van der Waals surface area (Å²) in [7, 11) is -7.53. The number of anilines is 1. The molecule has 4 N–H and O–H groups in total. The van der Waals surface area contributed by atoms with Crippen molar-refractivity contribution < 1.29 is 31.5 Å². The molecule has 0 bridgehead atoms. The smallest absolute Gasteiger partial charge is 0.320 e. The van der Waals surface area contributed by atoms with E-state index in [0.29, 0.717) is 42.8 Å². The number of nitrogens with two attached hydrogens (primary N) is 1. The molecule has 2 aromatic carbocycles. The summed E-state index contributed by atoms with van der Waals surface area (Å²) in [6.07, 6.45) is 5.02. The van der Waals surface area contributed by atoms with Crippen LogP contribution in [-0.4, -0.2) is 75.8 Å². The number of aliphatic carboxylic acids is 1. The summed E-state index contributed by atoms with van der Waals surface area (Å²) in [5, 5.41) is 16.8. The fourth-order valence-electron chi connectivity index (χ4n) is 3.91. The Bertz CT molecular complexity index is 1440. The van der Waals surface area contributed by atoms with Gasteiger partial charge in [-0.25, -0.2) is 21.1 Å². The van der Waals surface area contributed by atoms with Gasteiger partial charge < -0.3 is 15.6 Å². The number of carbonyl (C=O) groups is 1. The minimum atomic E-state index is -4.26. The number of carboxylic acid groups (broad SMARTS) is 1. The van der Waals surface area contributed by atoms with Gasteiger partial charge in [-0.05, 0) is 42.7 Å². The predicted molar refractivity (Wildman–Crippen MR) is 154 cm³/mol. The van der Waals surface area contributed by atoms with E-state index in [-0.39, 0.29) is 41.6 Å². The van der Waals surface area contributed by atoms with Crippen LogP contribution in [0.4, 0.5) is 5.69 Å². The minimum absolute atomic E-state index is 0. The third-order valence-electron chi connectivity index (χ3n) is 5.79. The molecule has 39 heavy (non-hydrogen) atoms. The first-order chi connectivity index (χ1) is 17.8. The molecule has 0 radical (unpaired) electrons. The van der Waals surface area contributed by atoms with Crippen molar-refractivity contribution in [1.82, 2.24) is 4.31 Å². The van der Waals surface area contributed by atoms with E-state index in [4.69, 9.17) is 32.6 Å². The van der Waals surface area contributed by atoms with Crippen LogP contribution < -0.4 is 14.8 Å². The number of nitrogens with zero attached hydrogens (tertiary/aromatic N) is 2. The molecule has 0 aromatic heterocycles. The SMILES string of the molecule is CS(=O)(=O)N1CCC(Oc2ccc(N(C/C=C/c3cccc(C(=N)N)c3)S(=O)(=O)CC(=O)O)cc2Cl)CC1.Cl. The monoisotopic (exact) mass is 620 g/mol. The number of nitrogens with one attached hydrogen (secondary N) is 1. The lowest BCUT2D eigenvalue weighted by molar-refractivity contribution is -0.134. The van der Waals surface area contributed by atoms with Crippen LogP contribution in [0.15, 0.2) is 48.5 Å². The molecule has 1 fully saturated rings. The number of amidine groups is 1. The third kappa shape index (κ3) is 9.11. The van der Waals surface area contributed by atoms with E-state index in [2.05, 4.69) is 0 Å². The maximum atomic E-state index is 12.9. The second kappa shape index (κ2) is 13.5. The molecule has 2 aromatic rings. The number of nitrogen functional groups attached to an aromatic ring is 1. The number of rotatable bonds is 11. The fourth-order valence-corrected chi connectivity index (χ4v) is 6.22. The highest BCUT2D eigenvalue weighted by Gasteiger charge is 2.28. The maximum absolute atomic E-state index is 12.9. The summed E-state index contributed by atoms with van der Waals surface area (Å²) >= 11 is 6.41. The number of hydrogen-bond donors (Lipinski definition) is 3. The first-order valence-electron chi connectivity index (χ1n) is 11.5. The van der Waals surface area contributed by atoms with Gasteiger partial charge in [0.2, 0.25) is 20.0 Å². The van der Waals surface area contributed by atoms with Gasteiger partial charge in [-0.3, -0.25) is 14.5 Å². The average Bonchev–Trinajstić information content (AvgIpc) is 2.82. The quantitative estimate of drug-likeness (QED) is 0.254. The molecule has 1 heterocycles. The van der Waals surface area contributed by atoms with Crippen molar-refractivity contribution in [2.45, 2.75) is 18.9 Å². The normalized spacial score (nSPS) is 15.0. The largest absolute Gasteiger partial charge is 0.489 e. The number of carboxylic acids is 1. The molecule has 3 rings (SSSR count). The third-order valence-corrected chi connectivity index (χ3v) is 9.03. The minimum Gasteiger partial charge on any atom is -0.489 e. The Hall–Kier alpha value is -2.84. The number of benzene rings is 2. The van der Waals surface area contributed by atoms with E-state index in [1.165, 1.54) is 22.5 Å². The standard InChI is InChI=1S/C24H29ClN4O7S2.ClH/c1-37(32,33)28-12-9-20(10-13-28)36-22-8-7-19(15-21(22)25)29(38(34,35)16-23(30)31)11-3-5-17-4-2-6-18(14-17)24(26)27;/h2-8,14-15,20H,9-13,16H2,1H3,(H3,26,27)(H,30,31);1H/b5-3+;. The zero-order valence-corrected chi connectivity index (χ0v) is 24.2. The van der Waals surface area contributed by atoms with Crippen molar-refractivity contribution in [3.05, 3.63) is 64.7 Å². The van der Waals surface area contributed by atoms with Crippen molar-refractivity contribution >= 4 is 67.6 Å². The number of hydrogen-bond acceptors (Lipinski definition) is 7. The molecule has 214 valence electrons. The Balaban J connectivity index is 0.00000533. The number of sulfonamides is 2. The van der Waals surface area contributed by atoms with Gasteiger partial charge in [0.15, 0.2) is 5.75 Å². The van der Waals surface area contributed by atoms with Crippen LogP contribution in [-0.2, 0) is 24.8 Å². The lowest BCUT2D eigenvalue weighted by Gasteiger charge is -2.31.